The van der Waals surface area contributed by atoms with Crippen LogP contribution in [-0.4, -0.2) is 40.8 Å². The van der Waals surface area contributed by atoms with Crippen molar-refractivity contribution in [3.05, 3.63) is 113 Å². The summed E-state index contributed by atoms with van der Waals surface area (Å²) in [5.41, 5.74) is 5.58. The van der Waals surface area contributed by atoms with Gasteiger partial charge in [-0.2, -0.15) is 0 Å². The molecule has 1 aliphatic carbocycles. The van der Waals surface area contributed by atoms with E-state index in [9.17, 15) is 9.59 Å². The standard InChI is InChI=1S/C33H31N3O4/c1-39-33(38)32-31(25-10-6-3-7-11-25)29-18-27(37)13-12-26(29)21-36(32)20-23-14-16-35(17-15-23)22-28-19-30(34-40-28)24-8-4-2-5-9-24/h2-13,18-19,21,23H,14-17,20,22H2,1H3. The fraction of sp³-hybridized carbons (Fsp3) is 0.242. The van der Waals surface area contributed by atoms with Gasteiger partial charge in [-0.1, -0.05) is 65.8 Å². The Morgan fingerprint density at radius 2 is 1.62 bits per heavy atom. The van der Waals surface area contributed by atoms with E-state index in [1.54, 1.807) is 12.1 Å². The third-order valence-electron chi connectivity index (χ3n) is 7.72. The Balaban J connectivity index is 1.23. The molecular formula is C33H31N3O4. The normalized spacial score (nSPS) is 14.4. The number of ether oxygens (including phenoxy) is 1. The lowest BCUT2D eigenvalue weighted by Gasteiger charge is -2.32. The van der Waals surface area contributed by atoms with Crippen molar-refractivity contribution in [3.63, 3.8) is 0 Å². The molecule has 0 amide bonds. The molecule has 2 aliphatic heterocycles. The van der Waals surface area contributed by atoms with E-state index >= 15 is 0 Å². The molecule has 0 N–H and O–H groups in total. The highest BCUT2D eigenvalue weighted by atomic mass is 16.5. The Hall–Kier alpha value is -4.49. The minimum absolute atomic E-state index is 0.0896. The zero-order valence-corrected chi connectivity index (χ0v) is 22.5. The first kappa shape index (κ1) is 25.8. The van der Waals surface area contributed by atoms with Crippen LogP contribution in [0, 0.1) is 5.92 Å². The summed E-state index contributed by atoms with van der Waals surface area (Å²) in [7, 11) is 1.40. The Bertz CT molecular complexity index is 1630. The molecule has 2 aromatic carbocycles. The summed E-state index contributed by atoms with van der Waals surface area (Å²) in [6, 6.07) is 26.8. The lowest BCUT2D eigenvalue weighted by molar-refractivity contribution is 0.0585. The number of hydrogen-bond acceptors (Lipinski definition) is 6. The minimum Gasteiger partial charge on any atom is -0.464 e. The second-order valence-electron chi connectivity index (χ2n) is 10.4. The average molecular weight is 534 g/mol. The lowest BCUT2D eigenvalue weighted by Crippen LogP contribution is -2.35. The average Bonchev–Trinajstić information content (AvgIpc) is 3.46. The van der Waals surface area contributed by atoms with Crippen LogP contribution in [0.1, 0.15) is 29.1 Å². The molecule has 3 aliphatic rings. The summed E-state index contributed by atoms with van der Waals surface area (Å²) in [6.45, 7) is 3.27. The zero-order valence-electron chi connectivity index (χ0n) is 22.5. The maximum Gasteiger partial charge on any atom is 0.355 e. The number of nitrogens with zero attached hydrogens (tertiary/aromatic N) is 3. The number of hydrogen-bond donors (Lipinski definition) is 0. The first-order chi connectivity index (χ1) is 19.6. The smallest absolute Gasteiger partial charge is 0.355 e. The third kappa shape index (κ3) is 5.33. The van der Waals surface area contributed by atoms with Crippen molar-refractivity contribution in [3.8, 4) is 33.5 Å². The van der Waals surface area contributed by atoms with Crippen LogP contribution < -0.4 is 5.43 Å². The largest absolute Gasteiger partial charge is 0.464 e. The highest BCUT2D eigenvalue weighted by Gasteiger charge is 2.27. The van der Waals surface area contributed by atoms with Crippen LogP contribution in [0.25, 0.3) is 33.5 Å². The number of carbonyl (C=O) groups excluding carboxylic acids is 1. The molecular weight excluding hydrogens is 502 g/mol. The summed E-state index contributed by atoms with van der Waals surface area (Å²) < 4.78 is 12.9. The molecule has 1 fully saturated rings. The molecule has 0 unspecified atom stereocenters. The van der Waals surface area contributed by atoms with E-state index in [0.29, 0.717) is 18.2 Å². The van der Waals surface area contributed by atoms with Gasteiger partial charge in [-0.3, -0.25) is 9.69 Å². The van der Waals surface area contributed by atoms with E-state index < -0.39 is 5.97 Å². The van der Waals surface area contributed by atoms with Crippen LogP contribution in [0.15, 0.2) is 100 Å². The number of carbonyl (C=O) groups is 1. The van der Waals surface area contributed by atoms with E-state index in [4.69, 9.17) is 9.26 Å². The Morgan fingerprint density at radius 1 is 0.925 bits per heavy atom. The fourth-order valence-electron chi connectivity index (χ4n) is 5.68. The highest BCUT2D eigenvalue weighted by Crippen LogP contribution is 2.37. The number of likely N-dealkylation sites (tertiary alicyclic amines) is 1. The summed E-state index contributed by atoms with van der Waals surface area (Å²) in [6.07, 6.45) is 3.97. The number of benzene rings is 3. The molecule has 40 heavy (non-hydrogen) atoms. The van der Waals surface area contributed by atoms with Crippen molar-refractivity contribution >= 4 is 5.97 Å². The van der Waals surface area contributed by atoms with E-state index in [2.05, 4.69) is 10.1 Å². The van der Waals surface area contributed by atoms with Crippen LogP contribution in [0.2, 0.25) is 0 Å². The number of pyridine rings is 1. The molecule has 0 spiro atoms. The predicted octanol–water partition coefficient (Wildman–Crippen LogP) is 5.97. The number of esters is 1. The van der Waals surface area contributed by atoms with E-state index in [0.717, 1.165) is 71.7 Å². The molecule has 202 valence electrons. The first-order valence-corrected chi connectivity index (χ1v) is 13.6. The van der Waals surface area contributed by atoms with Crippen molar-refractivity contribution in [2.75, 3.05) is 20.2 Å². The van der Waals surface area contributed by atoms with Crippen LogP contribution in [0.3, 0.4) is 0 Å². The number of methoxy groups -OCH3 is 1. The molecule has 7 nitrogen and oxygen atoms in total. The van der Waals surface area contributed by atoms with Crippen molar-refractivity contribution in [1.82, 2.24) is 14.6 Å². The molecule has 3 heterocycles. The molecule has 6 rings (SSSR count). The second kappa shape index (κ2) is 11.3. The predicted molar refractivity (Wildman–Crippen MR) is 154 cm³/mol. The third-order valence-corrected chi connectivity index (χ3v) is 7.72. The van der Waals surface area contributed by atoms with E-state index in [1.165, 1.54) is 7.11 Å². The molecule has 7 heteroatoms. The van der Waals surface area contributed by atoms with Gasteiger partial charge in [0.1, 0.15) is 11.4 Å². The van der Waals surface area contributed by atoms with E-state index in [-0.39, 0.29) is 5.43 Å². The van der Waals surface area contributed by atoms with Crippen LogP contribution in [0.4, 0.5) is 0 Å². The van der Waals surface area contributed by atoms with Gasteiger partial charge in [0.05, 0.1) is 13.7 Å². The van der Waals surface area contributed by atoms with Gasteiger partial charge in [-0.15, -0.1) is 0 Å². The molecule has 0 radical (unpaired) electrons. The molecule has 0 saturated carbocycles. The Labute approximate surface area is 233 Å². The van der Waals surface area contributed by atoms with Gasteiger partial charge in [0.25, 0.3) is 0 Å². The Morgan fingerprint density at radius 3 is 2.33 bits per heavy atom. The first-order valence-electron chi connectivity index (χ1n) is 13.6. The lowest BCUT2D eigenvalue weighted by atomic mass is 9.91. The number of fused-ring (bicyclic) bond motifs is 1. The molecule has 0 atom stereocenters. The second-order valence-corrected chi connectivity index (χ2v) is 10.4. The number of aromatic nitrogens is 2. The Kier molecular flexibility index (Phi) is 7.29. The van der Waals surface area contributed by atoms with Crippen LogP contribution in [-0.2, 0) is 17.8 Å². The van der Waals surface area contributed by atoms with Gasteiger partial charge in [-0.05, 0) is 66.7 Å². The topological polar surface area (TPSA) is 77.6 Å². The summed E-state index contributed by atoms with van der Waals surface area (Å²) in [5, 5.41) is 4.25. The summed E-state index contributed by atoms with van der Waals surface area (Å²) >= 11 is 0. The van der Waals surface area contributed by atoms with Gasteiger partial charge in [0.2, 0.25) is 0 Å². The SMILES string of the molecule is COC(=O)c1c(-c2ccccc2)c2cc(=O)ccc-2cn1CC1CCN(Cc2cc(-c3ccccc3)no2)CC1. The van der Waals surface area contributed by atoms with Crippen molar-refractivity contribution in [1.29, 1.82) is 0 Å². The highest BCUT2D eigenvalue weighted by molar-refractivity contribution is 6.01. The minimum atomic E-state index is -0.408. The van der Waals surface area contributed by atoms with Gasteiger partial charge in [0, 0.05) is 29.9 Å². The van der Waals surface area contributed by atoms with Gasteiger partial charge < -0.3 is 13.8 Å². The number of rotatable bonds is 7. The van der Waals surface area contributed by atoms with Gasteiger partial charge in [0.15, 0.2) is 11.2 Å². The van der Waals surface area contributed by atoms with Gasteiger partial charge in [-0.25, -0.2) is 4.79 Å². The monoisotopic (exact) mass is 533 g/mol. The summed E-state index contributed by atoms with van der Waals surface area (Å²) in [5.74, 6) is 0.840. The molecule has 1 saturated heterocycles. The van der Waals surface area contributed by atoms with Gasteiger partial charge >= 0.3 is 5.97 Å². The number of piperidine rings is 1. The zero-order chi connectivity index (χ0) is 27.5. The molecule has 1 aromatic heterocycles. The summed E-state index contributed by atoms with van der Waals surface area (Å²) in [4.78, 5) is 27.9. The fourth-order valence-corrected chi connectivity index (χ4v) is 5.68. The van der Waals surface area contributed by atoms with Crippen molar-refractivity contribution in [2.45, 2.75) is 25.9 Å². The van der Waals surface area contributed by atoms with Crippen LogP contribution >= 0.6 is 0 Å². The quantitative estimate of drug-likeness (QED) is 0.240. The maximum atomic E-state index is 13.2. The van der Waals surface area contributed by atoms with Crippen molar-refractivity contribution < 1.29 is 14.1 Å². The van der Waals surface area contributed by atoms with E-state index in [1.807, 2.05) is 83.6 Å². The molecule has 0 bridgehead atoms. The molecule has 3 aromatic rings. The van der Waals surface area contributed by atoms with Crippen LogP contribution in [0.5, 0.6) is 0 Å². The van der Waals surface area contributed by atoms with Crippen molar-refractivity contribution in [2.24, 2.45) is 5.92 Å². The maximum absolute atomic E-state index is 13.2.